The van der Waals surface area contributed by atoms with E-state index in [0.29, 0.717) is 0 Å². The van der Waals surface area contributed by atoms with Gasteiger partial charge in [-0.2, -0.15) is 0 Å². The Morgan fingerprint density at radius 1 is 1.43 bits per heavy atom. The third-order valence-corrected chi connectivity index (χ3v) is 0. The van der Waals surface area contributed by atoms with Gasteiger partial charge >= 0.3 is 22.4 Å². The average Bonchev–Trinajstić information content (AvgIpc) is 0.722. The van der Waals surface area contributed by atoms with Crippen LogP contribution in [0.15, 0.2) is 0 Å². The van der Waals surface area contributed by atoms with Crippen molar-refractivity contribution in [2.75, 3.05) is 0 Å². The first-order valence-electron chi connectivity index (χ1n) is 0.765. The molecule has 50 valence electrons. The van der Waals surface area contributed by atoms with Crippen LogP contribution in [0.3, 0.4) is 0 Å². The molecule has 0 rings (SSSR count). The number of rotatable bonds is 0. The maximum Gasteiger partial charge on any atom is 1.00 e. The minimum Gasteiger partial charge on any atom is -0.756 e. The van der Waals surface area contributed by atoms with Crippen molar-refractivity contribution in [3.05, 3.63) is 0 Å². The van der Waals surface area contributed by atoms with E-state index in [1.165, 1.54) is 0 Å². The Hall–Kier alpha value is 0.810. The van der Waals surface area contributed by atoms with Crippen molar-refractivity contribution >= 4 is 7.82 Å². The van der Waals surface area contributed by atoms with Gasteiger partial charge in [-0.05, 0) is 0 Å². The van der Waals surface area contributed by atoms with Crippen LogP contribution in [0.1, 0.15) is 0 Å². The number of hydrogen-bond acceptors (Lipinski definition) is 3. The van der Waals surface area contributed by atoms with Crippen molar-refractivity contribution in [1.82, 2.24) is 6.15 Å². The van der Waals surface area contributed by atoms with Crippen molar-refractivity contribution in [3.8, 4) is 0 Å². The number of phosphoric acid groups is 1. The maximum absolute atomic E-state index is 8.77. The Morgan fingerprint density at radius 3 is 1.43 bits per heavy atom. The summed E-state index contributed by atoms with van der Waals surface area (Å²) in [7, 11) is -4.89. The summed E-state index contributed by atoms with van der Waals surface area (Å²) in [6.45, 7) is 0. The Kier molecular flexibility index (Phi) is 11.1. The van der Waals surface area contributed by atoms with Gasteiger partial charge in [0.25, 0.3) is 7.82 Å². The monoisotopic (exact) mass is 221 g/mol. The van der Waals surface area contributed by atoms with Crippen molar-refractivity contribution < 1.29 is 41.6 Å². The Morgan fingerprint density at radius 2 is 1.43 bits per heavy atom. The first-order valence-corrected chi connectivity index (χ1v) is 2.30. The summed E-state index contributed by atoms with van der Waals surface area (Å²) < 4.78 is 8.77. The normalized spacial score (nSPS) is 8.43. The van der Waals surface area contributed by atoms with Gasteiger partial charge in [0.05, 0.1) is 0 Å². The summed E-state index contributed by atoms with van der Waals surface area (Å²) >= 11 is 0. The van der Waals surface area contributed by atoms with Crippen LogP contribution < -0.4 is 11.0 Å². The number of hydrogen-bond donors (Lipinski definition) is 3. The SMILES string of the molecule is N.O=P([O-])(O)O.[Ag+]. The predicted molar refractivity (Wildman–Crippen MR) is 17.1 cm³/mol. The van der Waals surface area contributed by atoms with E-state index in [9.17, 15) is 0 Å². The zero-order valence-corrected chi connectivity index (χ0v) is 5.54. The largest absolute Gasteiger partial charge is 1.00 e. The van der Waals surface area contributed by atoms with E-state index in [1.54, 1.807) is 0 Å². The summed E-state index contributed by atoms with van der Waals surface area (Å²) in [6.07, 6.45) is 0. The molecule has 0 unspecified atom stereocenters. The summed E-state index contributed by atoms with van der Waals surface area (Å²) in [5.74, 6) is 0. The predicted octanol–water partition coefficient (Wildman–Crippen LogP) is -1.40. The van der Waals surface area contributed by atoms with Gasteiger partial charge in [-0.15, -0.1) is 0 Å². The molecule has 0 heterocycles. The van der Waals surface area contributed by atoms with Crippen LogP contribution in [-0.2, 0) is 26.9 Å². The van der Waals surface area contributed by atoms with Gasteiger partial charge in [-0.25, -0.2) is 0 Å². The van der Waals surface area contributed by atoms with E-state index in [2.05, 4.69) is 0 Å². The fourth-order valence-electron chi connectivity index (χ4n) is 0. The van der Waals surface area contributed by atoms with Gasteiger partial charge in [-0.1, -0.05) is 0 Å². The molecule has 0 aliphatic rings. The van der Waals surface area contributed by atoms with Gasteiger partial charge in [0.15, 0.2) is 0 Å². The van der Waals surface area contributed by atoms with Crippen molar-refractivity contribution in [3.63, 3.8) is 0 Å². The maximum atomic E-state index is 8.77. The molecule has 0 radical (unpaired) electrons. The second-order valence-corrected chi connectivity index (χ2v) is 1.47. The van der Waals surface area contributed by atoms with Crippen LogP contribution in [0.2, 0.25) is 0 Å². The van der Waals surface area contributed by atoms with Gasteiger partial charge < -0.3 is 20.8 Å². The zero-order valence-electron chi connectivity index (χ0n) is 3.17. The standard InChI is InChI=1S/Ag.H3N.H3O4P/c;;1-5(2,3)4/h;1H3;(H3,1,2,3,4)/q+1;;/p-1. The molecule has 0 aromatic rings. The summed E-state index contributed by atoms with van der Waals surface area (Å²) in [6, 6.07) is 0. The van der Waals surface area contributed by atoms with Crippen molar-refractivity contribution in [2.45, 2.75) is 0 Å². The molecule has 0 bridgehead atoms. The van der Waals surface area contributed by atoms with E-state index < -0.39 is 7.82 Å². The molecule has 0 spiro atoms. The quantitative estimate of drug-likeness (QED) is 0.344. The topological polar surface area (TPSA) is 116 Å². The van der Waals surface area contributed by atoms with Crippen LogP contribution in [0.25, 0.3) is 0 Å². The van der Waals surface area contributed by atoms with Gasteiger partial charge in [0.1, 0.15) is 0 Å². The summed E-state index contributed by atoms with van der Waals surface area (Å²) in [5, 5.41) is 0. The average molecular weight is 222 g/mol. The van der Waals surface area contributed by atoms with Crippen LogP contribution in [0, 0.1) is 0 Å². The minimum absolute atomic E-state index is 0. The smallest absolute Gasteiger partial charge is 0.756 e. The molecule has 0 aliphatic carbocycles. The van der Waals surface area contributed by atoms with Crippen LogP contribution in [0.5, 0.6) is 0 Å². The fraction of sp³-hybridized carbons (Fsp3) is 0. The van der Waals surface area contributed by atoms with Crippen LogP contribution in [-0.4, -0.2) is 9.79 Å². The Balaban J connectivity index is -0.0000000800. The second-order valence-electron chi connectivity index (χ2n) is 0.491. The molecule has 5 nitrogen and oxygen atoms in total. The molecule has 0 saturated carbocycles. The summed E-state index contributed by atoms with van der Waals surface area (Å²) in [4.78, 5) is 22.9. The molecule has 0 atom stereocenters. The van der Waals surface area contributed by atoms with Crippen LogP contribution >= 0.6 is 7.82 Å². The van der Waals surface area contributed by atoms with Gasteiger partial charge in [0.2, 0.25) is 0 Å². The first kappa shape index (κ1) is 15.7. The van der Waals surface area contributed by atoms with Crippen LogP contribution in [0.4, 0.5) is 0 Å². The first-order chi connectivity index (χ1) is 2.00. The summed E-state index contributed by atoms with van der Waals surface area (Å²) in [5.41, 5.74) is 0. The van der Waals surface area contributed by atoms with Gasteiger partial charge in [0, 0.05) is 0 Å². The molecule has 5 N–H and O–H groups in total. The van der Waals surface area contributed by atoms with Crippen molar-refractivity contribution in [1.29, 1.82) is 0 Å². The molecule has 7 heteroatoms. The zero-order chi connectivity index (χ0) is 4.50. The third-order valence-electron chi connectivity index (χ3n) is 0. The van der Waals surface area contributed by atoms with Gasteiger partial charge in [-0.3, -0.25) is 4.57 Å². The molecule has 0 aromatic heterocycles. The Bertz CT molecular complexity index is 57.8. The van der Waals surface area contributed by atoms with Crippen molar-refractivity contribution in [2.24, 2.45) is 0 Å². The molecule has 0 aromatic carbocycles. The third kappa shape index (κ3) is 240. The fourth-order valence-corrected chi connectivity index (χ4v) is 0. The minimum atomic E-state index is -4.89. The molecule has 0 aliphatic heterocycles. The van der Waals surface area contributed by atoms with E-state index in [0.717, 1.165) is 0 Å². The molecular formula is H5AgNO4P. The molecule has 7 heavy (non-hydrogen) atoms. The molecule has 0 amide bonds. The van der Waals surface area contributed by atoms with E-state index in [4.69, 9.17) is 19.2 Å². The van der Waals surface area contributed by atoms with E-state index in [-0.39, 0.29) is 28.5 Å². The Labute approximate surface area is 56.1 Å². The second kappa shape index (κ2) is 4.96. The molecule has 0 fully saturated rings. The molecular weight excluding hydrogens is 217 g/mol. The molecule has 0 saturated heterocycles. The van der Waals surface area contributed by atoms with E-state index >= 15 is 0 Å². The van der Waals surface area contributed by atoms with E-state index in [1.807, 2.05) is 0 Å².